The van der Waals surface area contributed by atoms with Crippen LogP contribution in [0.5, 0.6) is 0 Å². The number of alkyl halides is 1. The molecule has 0 heterocycles. The maximum Gasteiger partial charge on any atom is 0.410 e. The van der Waals surface area contributed by atoms with E-state index in [1.807, 2.05) is 44.2 Å². The second kappa shape index (κ2) is 10.1. The topological polar surface area (TPSA) is 55.8 Å². The Labute approximate surface area is 142 Å². The number of esters is 1. The number of carbonyl (C=O) groups is 2. The molecule has 0 aliphatic rings. The van der Waals surface area contributed by atoms with Gasteiger partial charge in [0.15, 0.2) is 0 Å². The predicted octanol–water partition coefficient (Wildman–Crippen LogP) is 3.45. The van der Waals surface area contributed by atoms with Crippen molar-refractivity contribution in [1.82, 2.24) is 4.90 Å². The molecule has 0 bridgehead atoms. The monoisotopic (exact) mass is 341 g/mol. The smallest absolute Gasteiger partial charge is 0.410 e. The molecule has 0 aliphatic carbocycles. The normalized spacial score (nSPS) is 11.9. The van der Waals surface area contributed by atoms with Crippen molar-refractivity contribution in [3.8, 4) is 0 Å². The third kappa shape index (κ3) is 6.10. The number of carbonyl (C=O) groups excluding carboxylic acids is 2. The molecule has 1 aromatic rings. The summed E-state index contributed by atoms with van der Waals surface area (Å²) in [6.07, 6.45) is -0.568. The average molecular weight is 342 g/mol. The van der Waals surface area contributed by atoms with Crippen LogP contribution in [0.25, 0.3) is 0 Å². The van der Waals surface area contributed by atoms with Crippen molar-refractivity contribution in [2.75, 3.05) is 19.0 Å². The highest BCUT2D eigenvalue weighted by Crippen LogP contribution is 2.15. The van der Waals surface area contributed by atoms with Crippen molar-refractivity contribution >= 4 is 23.7 Å². The van der Waals surface area contributed by atoms with E-state index < -0.39 is 18.1 Å². The average Bonchev–Trinajstić information content (AvgIpc) is 2.53. The van der Waals surface area contributed by atoms with Gasteiger partial charge in [0.25, 0.3) is 0 Å². The molecule has 0 radical (unpaired) electrons. The lowest BCUT2D eigenvalue weighted by molar-refractivity contribution is -0.150. The van der Waals surface area contributed by atoms with Gasteiger partial charge in [-0.3, -0.25) is 4.90 Å². The van der Waals surface area contributed by atoms with Crippen LogP contribution in [0.2, 0.25) is 0 Å². The summed E-state index contributed by atoms with van der Waals surface area (Å²) in [7, 11) is 0. The van der Waals surface area contributed by atoms with Crippen LogP contribution in [-0.2, 0) is 20.9 Å². The van der Waals surface area contributed by atoms with Crippen LogP contribution in [-0.4, -0.2) is 42.0 Å². The number of benzene rings is 1. The van der Waals surface area contributed by atoms with Crippen molar-refractivity contribution in [1.29, 1.82) is 0 Å². The van der Waals surface area contributed by atoms with Crippen molar-refractivity contribution in [2.24, 2.45) is 5.92 Å². The minimum Gasteiger partial charge on any atom is -0.464 e. The fraction of sp³-hybridized carbons (Fsp3) is 0.529. The third-order valence-electron chi connectivity index (χ3n) is 3.26. The van der Waals surface area contributed by atoms with Crippen LogP contribution < -0.4 is 0 Å². The summed E-state index contributed by atoms with van der Waals surface area (Å²) in [5.74, 6) is -0.339. The van der Waals surface area contributed by atoms with Crippen LogP contribution in [0, 0.1) is 5.92 Å². The molecular weight excluding hydrogens is 318 g/mol. The fourth-order valence-electron chi connectivity index (χ4n) is 2.22. The van der Waals surface area contributed by atoms with E-state index in [0.717, 1.165) is 5.56 Å². The van der Waals surface area contributed by atoms with Crippen molar-refractivity contribution in [2.45, 2.75) is 33.4 Å². The first-order valence-electron chi connectivity index (χ1n) is 7.71. The molecule has 0 spiro atoms. The van der Waals surface area contributed by atoms with Gasteiger partial charge >= 0.3 is 12.1 Å². The molecule has 0 unspecified atom stereocenters. The maximum absolute atomic E-state index is 12.4. The Morgan fingerprint density at radius 1 is 1.17 bits per heavy atom. The van der Waals surface area contributed by atoms with Crippen molar-refractivity contribution < 1.29 is 19.1 Å². The molecule has 0 saturated heterocycles. The molecule has 0 fully saturated rings. The quantitative estimate of drug-likeness (QED) is 0.537. The number of halogens is 1. The van der Waals surface area contributed by atoms with Crippen LogP contribution >= 0.6 is 11.6 Å². The van der Waals surface area contributed by atoms with Gasteiger partial charge in [-0.05, 0) is 18.4 Å². The largest absolute Gasteiger partial charge is 0.464 e. The first-order chi connectivity index (χ1) is 11.0. The summed E-state index contributed by atoms with van der Waals surface area (Å²) >= 11 is 5.79. The van der Waals surface area contributed by atoms with E-state index in [1.54, 1.807) is 6.92 Å². The van der Waals surface area contributed by atoms with Crippen molar-refractivity contribution in [3.05, 3.63) is 35.9 Å². The molecule has 23 heavy (non-hydrogen) atoms. The summed E-state index contributed by atoms with van der Waals surface area (Å²) in [6.45, 7) is 6.06. The fourth-order valence-corrected chi connectivity index (χ4v) is 2.41. The maximum atomic E-state index is 12.4. The number of hydrogen-bond donors (Lipinski definition) is 0. The van der Waals surface area contributed by atoms with E-state index in [-0.39, 0.29) is 31.6 Å². The van der Waals surface area contributed by atoms with Gasteiger partial charge in [0.05, 0.1) is 6.61 Å². The van der Waals surface area contributed by atoms with E-state index in [1.165, 1.54) is 4.90 Å². The SMILES string of the molecule is CCOC(=O)[C@H](C(C)C)N(CCCl)C(=O)OCc1ccccc1. The Kier molecular flexibility index (Phi) is 8.48. The van der Waals surface area contributed by atoms with Gasteiger partial charge in [-0.1, -0.05) is 44.2 Å². The molecule has 5 nitrogen and oxygen atoms in total. The second-order valence-electron chi connectivity index (χ2n) is 5.36. The highest BCUT2D eigenvalue weighted by molar-refractivity contribution is 6.18. The zero-order chi connectivity index (χ0) is 17.2. The van der Waals surface area contributed by atoms with E-state index >= 15 is 0 Å². The van der Waals surface area contributed by atoms with E-state index in [4.69, 9.17) is 21.1 Å². The molecular formula is C17H24ClNO4. The van der Waals surface area contributed by atoms with Gasteiger partial charge in [-0.15, -0.1) is 11.6 Å². The lowest BCUT2D eigenvalue weighted by Gasteiger charge is -2.31. The number of hydrogen-bond acceptors (Lipinski definition) is 4. The minimum atomic E-state index is -0.711. The van der Waals surface area contributed by atoms with E-state index in [2.05, 4.69) is 0 Å². The van der Waals surface area contributed by atoms with E-state index in [9.17, 15) is 9.59 Å². The molecule has 1 aromatic carbocycles. The molecule has 0 aromatic heterocycles. The Bertz CT molecular complexity index is 493. The van der Waals surface area contributed by atoms with Gasteiger partial charge in [-0.2, -0.15) is 0 Å². The number of rotatable bonds is 8. The summed E-state index contributed by atoms with van der Waals surface area (Å²) in [5.41, 5.74) is 0.879. The van der Waals surface area contributed by atoms with Gasteiger partial charge < -0.3 is 9.47 Å². The van der Waals surface area contributed by atoms with Crippen molar-refractivity contribution in [3.63, 3.8) is 0 Å². The van der Waals surface area contributed by atoms with Crippen LogP contribution in [0.1, 0.15) is 26.3 Å². The van der Waals surface area contributed by atoms with Crippen LogP contribution in [0.15, 0.2) is 30.3 Å². The Morgan fingerprint density at radius 2 is 1.83 bits per heavy atom. The van der Waals surface area contributed by atoms with Crippen LogP contribution in [0.4, 0.5) is 4.79 Å². The Hall–Kier alpha value is -1.75. The second-order valence-corrected chi connectivity index (χ2v) is 5.74. The number of amides is 1. The summed E-state index contributed by atoms with van der Waals surface area (Å²) in [6, 6.07) is 8.65. The lowest BCUT2D eigenvalue weighted by Crippen LogP contribution is -2.49. The Morgan fingerprint density at radius 3 is 2.35 bits per heavy atom. The first-order valence-corrected chi connectivity index (χ1v) is 8.24. The van der Waals surface area contributed by atoms with Crippen LogP contribution in [0.3, 0.4) is 0 Å². The minimum absolute atomic E-state index is 0.110. The highest BCUT2D eigenvalue weighted by Gasteiger charge is 2.34. The zero-order valence-corrected chi connectivity index (χ0v) is 14.6. The standard InChI is InChI=1S/C17H24ClNO4/c1-4-22-16(20)15(13(2)3)19(11-10-18)17(21)23-12-14-8-6-5-7-9-14/h5-9,13,15H,4,10-12H2,1-3H3/t15-/m0/s1. The molecule has 0 saturated carbocycles. The first kappa shape index (κ1) is 19.3. The third-order valence-corrected chi connectivity index (χ3v) is 3.43. The number of nitrogens with zero attached hydrogens (tertiary/aromatic N) is 1. The molecule has 1 atom stereocenters. The molecule has 128 valence electrons. The molecule has 0 N–H and O–H groups in total. The summed E-state index contributed by atoms with van der Waals surface area (Å²) in [5, 5.41) is 0. The molecule has 0 aliphatic heterocycles. The zero-order valence-electron chi connectivity index (χ0n) is 13.8. The predicted molar refractivity (Wildman–Crippen MR) is 89.3 cm³/mol. The number of ether oxygens (including phenoxy) is 2. The van der Waals surface area contributed by atoms with E-state index in [0.29, 0.717) is 0 Å². The Balaban J connectivity index is 2.80. The molecule has 1 amide bonds. The molecule has 6 heteroatoms. The van der Waals surface area contributed by atoms with Gasteiger partial charge in [-0.25, -0.2) is 9.59 Å². The van der Waals surface area contributed by atoms with Gasteiger partial charge in [0.1, 0.15) is 12.6 Å². The van der Waals surface area contributed by atoms with Gasteiger partial charge in [0.2, 0.25) is 0 Å². The summed E-state index contributed by atoms with van der Waals surface area (Å²) in [4.78, 5) is 25.9. The highest BCUT2D eigenvalue weighted by atomic mass is 35.5. The van der Waals surface area contributed by atoms with Gasteiger partial charge in [0, 0.05) is 12.4 Å². The molecule has 1 rings (SSSR count). The summed E-state index contributed by atoms with van der Waals surface area (Å²) < 4.78 is 10.4. The lowest BCUT2D eigenvalue weighted by atomic mass is 10.0.